The molecule has 0 spiro atoms. The van der Waals surface area contributed by atoms with Crippen molar-refractivity contribution >= 4 is 47.3 Å². The monoisotopic (exact) mass is 553 g/mol. The Kier molecular flexibility index (Phi) is 10.4. The van der Waals surface area contributed by atoms with Gasteiger partial charge in [-0.2, -0.15) is 0 Å². The molecule has 1 heterocycles. The lowest BCUT2D eigenvalue weighted by Gasteiger charge is -2.14. The molecule has 3 rings (SSSR count). The zero-order valence-electron chi connectivity index (χ0n) is 18.7. The van der Waals surface area contributed by atoms with Crippen LogP contribution in [0.15, 0.2) is 47.5 Å². The highest BCUT2D eigenvalue weighted by atomic mass is 127. The predicted molar refractivity (Wildman–Crippen MR) is 140 cm³/mol. The van der Waals surface area contributed by atoms with Gasteiger partial charge < -0.3 is 30.7 Å². The molecule has 0 atom stereocenters. The van der Waals surface area contributed by atoms with Crippen LogP contribution in [-0.2, 0) is 6.54 Å². The van der Waals surface area contributed by atoms with Gasteiger partial charge in [0, 0.05) is 36.4 Å². The first kappa shape index (κ1) is 25.6. The van der Waals surface area contributed by atoms with Crippen LogP contribution in [-0.4, -0.2) is 37.8 Å². The van der Waals surface area contributed by atoms with Gasteiger partial charge in [0.05, 0.1) is 19.8 Å². The highest BCUT2D eigenvalue weighted by Gasteiger charge is 2.11. The number of guanidine groups is 1. The van der Waals surface area contributed by atoms with Gasteiger partial charge >= 0.3 is 6.03 Å². The highest BCUT2D eigenvalue weighted by molar-refractivity contribution is 14.0. The molecule has 0 aromatic heterocycles. The fraction of sp³-hybridized carbons (Fsp3) is 0.391. The number of ether oxygens (including phenoxy) is 2. The summed E-state index contributed by atoms with van der Waals surface area (Å²) in [6.45, 7) is 8.41. The lowest BCUT2D eigenvalue weighted by molar-refractivity contribution is 0.250. The van der Waals surface area contributed by atoms with E-state index in [1.807, 2.05) is 63.2 Å². The number of nitrogens with one attached hydrogen (secondary N) is 4. The van der Waals surface area contributed by atoms with Gasteiger partial charge in [-0.3, -0.25) is 0 Å². The number of amides is 2. The van der Waals surface area contributed by atoms with E-state index in [9.17, 15) is 4.79 Å². The normalized spacial score (nSPS) is 12.9. The van der Waals surface area contributed by atoms with Gasteiger partial charge in [-0.1, -0.05) is 12.1 Å². The smallest absolute Gasteiger partial charge is 0.319 e. The number of anilines is 2. The fourth-order valence-electron chi connectivity index (χ4n) is 2.98. The molecule has 0 aliphatic carbocycles. The summed E-state index contributed by atoms with van der Waals surface area (Å²) < 4.78 is 11.4. The van der Waals surface area contributed by atoms with E-state index in [1.54, 1.807) is 0 Å². The van der Waals surface area contributed by atoms with Crippen molar-refractivity contribution in [1.82, 2.24) is 10.6 Å². The van der Waals surface area contributed by atoms with Gasteiger partial charge in [0.1, 0.15) is 0 Å². The van der Waals surface area contributed by atoms with Gasteiger partial charge in [-0.05, 0) is 50.6 Å². The molecule has 0 saturated heterocycles. The Morgan fingerprint density at radius 1 is 1.00 bits per heavy atom. The van der Waals surface area contributed by atoms with E-state index >= 15 is 0 Å². The second-order valence-electron chi connectivity index (χ2n) is 7.48. The van der Waals surface area contributed by atoms with E-state index in [0.717, 1.165) is 41.4 Å². The number of fused-ring (bicyclic) bond motifs is 1. The molecule has 9 heteroatoms. The van der Waals surface area contributed by atoms with Gasteiger partial charge in [-0.25, -0.2) is 9.79 Å². The summed E-state index contributed by atoms with van der Waals surface area (Å²) in [4.78, 5) is 16.5. The number of halogens is 1. The quantitative estimate of drug-likeness (QED) is 0.239. The van der Waals surface area contributed by atoms with Crippen LogP contribution >= 0.6 is 24.0 Å². The number of benzene rings is 2. The molecule has 0 fully saturated rings. The van der Waals surface area contributed by atoms with Crippen molar-refractivity contribution in [2.45, 2.75) is 39.8 Å². The summed E-state index contributed by atoms with van der Waals surface area (Å²) in [5.41, 5.74) is 2.65. The van der Waals surface area contributed by atoms with Crippen LogP contribution in [0.2, 0.25) is 0 Å². The minimum absolute atomic E-state index is 0. The summed E-state index contributed by atoms with van der Waals surface area (Å²) in [5, 5.41) is 12.2. The second kappa shape index (κ2) is 13.0. The average Bonchev–Trinajstić information content (AvgIpc) is 2.97. The zero-order valence-corrected chi connectivity index (χ0v) is 21.1. The molecule has 1 aliphatic rings. The van der Waals surface area contributed by atoms with Gasteiger partial charge in [0.25, 0.3) is 0 Å². The van der Waals surface area contributed by atoms with Crippen molar-refractivity contribution in [3.8, 4) is 11.5 Å². The van der Waals surface area contributed by atoms with Crippen LogP contribution < -0.4 is 30.7 Å². The molecular formula is C23H32IN5O3. The Hall–Kier alpha value is -2.69. The van der Waals surface area contributed by atoms with Crippen LogP contribution in [0.3, 0.4) is 0 Å². The summed E-state index contributed by atoms with van der Waals surface area (Å²) in [6.07, 6.45) is 0.873. The Labute approximate surface area is 206 Å². The van der Waals surface area contributed by atoms with Crippen molar-refractivity contribution in [3.63, 3.8) is 0 Å². The van der Waals surface area contributed by atoms with Crippen LogP contribution in [0.5, 0.6) is 11.5 Å². The summed E-state index contributed by atoms with van der Waals surface area (Å²) >= 11 is 0. The molecule has 174 valence electrons. The molecular weight excluding hydrogens is 521 g/mol. The lowest BCUT2D eigenvalue weighted by atomic mass is 10.2. The number of nitrogens with zero attached hydrogens (tertiary/aromatic N) is 1. The highest BCUT2D eigenvalue weighted by Crippen LogP contribution is 2.32. The maximum Gasteiger partial charge on any atom is 0.319 e. The molecule has 0 unspecified atom stereocenters. The van der Waals surface area contributed by atoms with Crippen molar-refractivity contribution < 1.29 is 14.3 Å². The maximum atomic E-state index is 11.8. The number of carbonyl (C=O) groups excluding carboxylic acids is 1. The molecule has 1 aliphatic heterocycles. The summed E-state index contributed by atoms with van der Waals surface area (Å²) in [5.74, 6) is 2.18. The number of urea groups is 1. The van der Waals surface area contributed by atoms with Gasteiger partial charge in [0.2, 0.25) is 0 Å². The molecule has 0 radical (unpaired) electrons. The number of rotatable bonds is 6. The first-order valence-corrected chi connectivity index (χ1v) is 10.6. The Bertz CT molecular complexity index is 903. The Balaban J connectivity index is 0.00000363. The van der Waals surface area contributed by atoms with Crippen molar-refractivity contribution in [1.29, 1.82) is 0 Å². The number of hydrogen-bond acceptors (Lipinski definition) is 4. The van der Waals surface area contributed by atoms with Gasteiger partial charge in [-0.15, -0.1) is 24.0 Å². The lowest BCUT2D eigenvalue weighted by Crippen LogP contribution is -2.34. The van der Waals surface area contributed by atoms with Gasteiger partial charge in [0.15, 0.2) is 17.5 Å². The van der Waals surface area contributed by atoms with Crippen LogP contribution in [0, 0.1) is 0 Å². The third-order valence-electron chi connectivity index (χ3n) is 4.41. The number of hydrogen-bond donors (Lipinski definition) is 4. The Morgan fingerprint density at radius 2 is 1.69 bits per heavy atom. The van der Waals surface area contributed by atoms with E-state index in [4.69, 9.17) is 9.47 Å². The third-order valence-corrected chi connectivity index (χ3v) is 4.41. The summed E-state index contributed by atoms with van der Waals surface area (Å²) in [7, 11) is 0. The minimum Gasteiger partial charge on any atom is -0.490 e. The van der Waals surface area contributed by atoms with Crippen molar-refractivity contribution in [3.05, 3.63) is 48.0 Å². The molecule has 2 amide bonds. The zero-order chi connectivity index (χ0) is 22.1. The minimum atomic E-state index is -0.213. The van der Waals surface area contributed by atoms with Crippen LogP contribution in [0.4, 0.5) is 16.2 Å². The summed E-state index contributed by atoms with van der Waals surface area (Å²) in [6, 6.07) is 13.3. The molecule has 0 bridgehead atoms. The maximum absolute atomic E-state index is 11.8. The average molecular weight is 553 g/mol. The van der Waals surface area contributed by atoms with E-state index in [1.165, 1.54) is 0 Å². The third kappa shape index (κ3) is 8.10. The first-order chi connectivity index (χ1) is 15.0. The van der Waals surface area contributed by atoms with Crippen molar-refractivity contribution in [2.75, 3.05) is 30.4 Å². The standard InChI is InChI=1S/C23H31N5O3.HI/c1-4-24-22(27-19-10-11-20-21(14-19)31-13-5-12-30-20)25-15-17-6-8-18(9-7-17)28-23(29)26-16(2)3;/h6-11,14,16H,4-5,12-13,15H2,1-3H3,(H2,24,25,27)(H2,26,28,29);1H. The number of aliphatic imine (C=N–C) groups is 1. The van der Waals surface area contributed by atoms with E-state index < -0.39 is 0 Å². The van der Waals surface area contributed by atoms with Crippen molar-refractivity contribution in [2.24, 2.45) is 4.99 Å². The number of carbonyl (C=O) groups is 1. The van der Waals surface area contributed by atoms with E-state index in [2.05, 4.69) is 26.3 Å². The first-order valence-electron chi connectivity index (χ1n) is 10.6. The molecule has 32 heavy (non-hydrogen) atoms. The molecule has 2 aromatic carbocycles. The van der Waals surface area contributed by atoms with E-state index in [-0.39, 0.29) is 36.0 Å². The molecule has 8 nitrogen and oxygen atoms in total. The molecule has 0 saturated carbocycles. The second-order valence-corrected chi connectivity index (χ2v) is 7.48. The predicted octanol–water partition coefficient (Wildman–Crippen LogP) is 4.57. The topological polar surface area (TPSA) is 96.0 Å². The van der Waals surface area contributed by atoms with E-state index in [0.29, 0.717) is 25.7 Å². The van der Waals surface area contributed by atoms with Crippen LogP contribution in [0.1, 0.15) is 32.8 Å². The molecule has 4 N–H and O–H groups in total. The fourth-order valence-corrected chi connectivity index (χ4v) is 2.98. The van der Waals surface area contributed by atoms with Crippen LogP contribution in [0.25, 0.3) is 0 Å². The SMILES string of the molecule is CCNC(=NCc1ccc(NC(=O)NC(C)C)cc1)Nc1ccc2c(c1)OCCCO2.I. The molecule has 2 aromatic rings. The largest absolute Gasteiger partial charge is 0.490 e. The Morgan fingerprint density at radius 3 is 2.38 bits per heavy atom.